The van der Waals surface area contributed by atoms with Crippen molar-refractivity contribution in [2.24, 2.45) is 0 Å². The van der Waals surface area contributed by atoms with Gasteiger partial charge in [-0.2, -0.15) is 11.8 Å². The van der Waals surface area contributed by atoms with E-state index in [2.05, 4.69) is 26.2 Å². The molecule has 106 valence electrons. The number of aromatic nitrogens is 1. The van der Waals surface area contributed by atoms with Crippen LogP contribution in [-0.4, -0.2) is 22.9 Å². The molecule has 6 heteroatoms. The number of carbonyl (C=O) groups excluding carboxylic acids is 1. The van der Waals surface area contributed by atoms with Crippen LogP contribution in [0.4, 0.5) is 5.13 Å². The number of amides is 1. The third kappa shape index (κ3) is 4.61. The average Bonchev–Trinajstić information content (AvgIpc) is 2.88. The van der Waals surface area contributed by atoms with Crippen LogP contribution >= 0.6 is 39.0 Å². The van der Waals surface area contributed by atoms with Crippen LogP contribution in [0.3, 0.4) is 0 Å². The monoisotopic (exact) mass is 370 g/mol. The minimum Gasteiger partial charge on any atom is -0.302 e. The summed E-state index contributed by atoms with van der Waals surface area (Å²) >= 11 is 6.62. The Labute approximate surface area is 135 Å². The number of hydrogen-bond donors (Lipinski definition) is 1. The van der Waals surface area contributed by atoms with Gasteiger partial charge in [-0.15, -0.1) is 11.3 Å². The van der Waals surface area contributed by atoms with Crippen molar-refractivity contribution in [3.8, 4) is 11.3 Å². The standard InChI is InChI=1S/C14H15BrN2OS2/c1-19-8-2-3-13(18)17-14-16-12(9-20-14)10-4-6-11(15)7-5-10/h4-7,9H,2-3,8H2,1H3,(H,16,17,18). The molecular weight excluding hydrogens is 356 g/mol. The maximum absolute atomic E-state index is 11.7. The summed E-state index contributed by atoms with van der Waals surface area (Å²) in [5.74, 6) is 1.05. The fraction of sp³-hybridized carbons (Fsp3) is 0.286. The van der Waals surface area contributed by atoms with Crippen molar-refractivity contribution in [3.05, 3.63) is 34.1 Å². The molecular formula is C14H15BrN2OS2. The number of rotatable bonds is 6. The van der Waals surface area contributed by atoms with Crippen molar-refractivity contribution in [3.63, 3.8) is 0 Å². The third-order valence-corrected chi connectivity index (χ3v) is 4.63. The highest BCUT2D eigenvalue weighted by atomic mass is 79.9. The molecule has 0 saturated heterocycles. The zero-order valence-corrected chi connectivity index (χ0v) is 14.3. The van der Waals surface area contributed by atoms with E-state index in [-0.39, 0.29) is 5.91 Å². The molecule has 0 unspecified atom stereocenters. The molecule has 1 amide bonds. The number of benzene rings is 1. The molecule has 1 aromatic carbocycles. The van der Waals surface area contributed by atoms with Gasteiger partial charge in [-0.3, -0.25) is 4.79 Å². The lowest BCUT2D eigenvalue weighted by Gasteiger charge is -2.00. The van der Waals surface area contributed by atoms with Gasteiger partial charge in [0, 0.05) is 21.8 Å². The van der Waals surface area contributed by atoms with Gasteiger partial charge in [-0.1, -0.05) is 28.1 Å². The Balaban J connectivity index is 1.95. The van der Waals surface area contributed by atoms with Crippen LogP contribution in [0, 0.1) is 0 Å². The van der Waals surface area contributed by atoms with Gasteiger partial charge in [0.15, 0.2) is 5.13 Å². The molecule has 0 spiro atoms. The van der Waals surface area contributed by atoms with Crippen LogP contribution in [0.1, 0.15) is 12.8 Å². The Morgan fingerprint density at radius 3 is 2.85 bits per heavy atom. The number of hydrogen-bond acceptors (Lipinski definition) is 4. The quantitative estimate of drug-likeness (QED) is 0.752. The molecule has 0 radical (unpaired) electrons. The van der Waals surface area contributed by atoms with Crippen molar-refractivity contribution in [1.29, 1.82) is 0 Å². The molecule has 0 fully saturated rings. The molecule has 3 nitrogen and oxygen atoms in total. The molecule has 1 heterocycles. The smallest absolute Gasteiger partial charge is 0.226 e. The summed E-state index contributed by atoms with van der Waals surface area (Å²) in [5, 5.41) is 5.48. The second-order valence-electron chi connectivity index (χ2n) is 4.19. The van der Waals surface area contributed by atoms with E-state index in [9.17, 15) is 4.79 Å². The van der Waals surface area contributed by atoms with Crippen molar-refractivity contribution in [2.45, 2.75) is 12.8 Å². The average molecular weight is 371 g/mol. The van der Waals surface area contributed by atoms with Gasteiger partial charge in [0.2, 0.25) is 5.91 Å². The maximum Gasteiger partial charge on any atom is 0.226 e. The highest BCUT2D eigenvalue weighted by Gasteiger charge is 2.07. The predicted octanol–water partition coefficient (Wildman–Crippen LogP) is 4.65. The van der Waals surface area contributed by atoms with E-state index in [0.29, 0.717) is 11.6 Å². The van der Waals surface area contributed by atoms with Gasteiger partial charge >= 0.3 is 0 Å². The number of thioether (sulfide) groups is 1. The van der Waals surface area contributed by atoms with Crippen molar-refractivity contribution < 1.29 is 4.79 Å². The van der Waals surface area contributed by atoms with Crippen LogP contribution in [-0.2, 0) is 4.79 Å². The first kappa shape index (κ1) is 15.5. The Kier molecular flexibility index (Phi) is 6.06. The number of carbonyl (C=O) groups is 1. The predicted molar refractivity (Wildman–Crippen MR) is 91.5 cm³/mol. The molecule has 0 aliphatic heterocycles. The summed E-state index contributed by atoms with van der Waals surface area (Å²) in [5.41, 5.74) is 1.94. The van der Waals surface area contributed by atoms with Crippen molar-refractivity contribution in [2.75, 3.05) is 17.3 Å². The van der Waals surface area contributed by atoms with Gasteiger partial charge in [0.25, 0.3) is 0 Å². The zero-order chi connectivity index (χ0) is 14.4. The van der Waals surface area contributed by atoms with Crippen LogP contribution in [0.25, 0.3) is 11.3 Å². The summed E-state index contributed by atoms with van der Waals surface area (Å²) < 4.78 is 1.04. The number of nitrogens with one attached hydrogen (secondary N) is 1. The first-order valence-corrected chi connectivity index (χ1v) is 9.26. The molecule has 0 saturated carbocycles. The second kappa shape index (κ2) is 7.81. The van der Waals surface area contributed by atoms with Crippen molar-refractivity contribution >= 4 is 50.1 Å². The van der Waals surface area contributed by atoms with Gasteiger partial charge in [-0.25, -0.2) is 4.98 Å². The number of nitrogens with zero attached hydrogens (tertiary/aromatic N) is 1. The Morgan fingerprint density at radius 2 is 2.15 bits per heavy atom. The molecule has 0 bridgehead atoms. The fourth-order valence-electron chi connectivity index (χ4n) is 1.64. The van der Waals surface area contributed by atoms with E-state index in [0.717, 1.165) is 27.9 Å². The van der Waals surface area contributed by atoms with E-state index < -0.39 is 0 Å². The molecule has 0 atom stereocenters. The van der Waals surface area contributed by atoms with Crippen LogP contribution in [0.5, 0.6) is 0 Å². The fourth-order valence-corrected chi connectivity index (χ4v) is 3.08. The van der Waals surface area contributed by atoms with Gasteiger partial charge in [0.1, 0.15) is 0 Å². The second-order valence-corrected chi connectivity index (χ2v) is 6.95. The van der Waals surface area contributed by atoms with E-state index in [4.69, 9.17) is 0 Å². The third-order valence-electron chi connectivity index (χ3n) is 2.64. The van der Waals surface area contributed by atoms with Gasteiger partial charge in [0.05, 0.1) is 5.69 Å². The maximum atomic E-state index is 11.7. The minimum atomic E-state index is 0.0377. The van der Waals surface area contributed by atoms with Crippen LogP contribution in [0.2, 0.25) is 0 Å². The summed E-state index contributed by atoms with van der Waals surface area (Å²) in [6.45, 7) is 0. The number of halogens is 1. The largest absolute Gasteiger partial charge is 0.302 e. The SMILES string of the molecule is CSCCCC(=O)Nc1nc(-c2ccc(Br)cc2)cs1. The summed E-state index contributed by atoms with van der Waals surface area (Å²) in [6.07, 6.45) is 3.50. The Bertz CT molecular complexity index is 569. The molecule has 0 aliphatic carbocycles. The highest BCUT2D eigenvalue weighted by Crippen LogP contribution is 2.26. The highest BCUT2D eigenvalue weighted by molar-refractivity contribution is 9.10. The van der Waals surface area contributed by atoms with E-state index in [1.165, 1.54) is 11.3 Å². The normalized spacial score (nSPS) is 10.5. The molecule has 1 N–H and O–H groups in total. The molecule has 2 aromatic rings. The van der Waals surface area contributed by atoms with Crippen LogP contribution in [0.15, 0.2) is 34.1 Å². The molecule has 1 aromatic heterocycles. The molecule has 0 aliphatic rings. The van der Waals surface area contributed by atoms with Gasteiger partial charge in [-0.05, 0) is 30.6 Å². The van der Waals surface area contributed by atoms with E-state index >= 15 is 0 Å². The lowest BCUT2D eigenvalue weighted by molar-refractivity contribution is -0.116. The molecule has 2 rings (SSSR count). The topological polar surface area (TPSA) is 42.0 Å². The first-order chi connectivity index (χ1) is 9.69. The summed E-state index contributed by atoms with van der Waals surface area (Å²) in [6, 6.07) is 7.97. The number of anilines is 1. The lowest BCUT2D eigenvalue weighted by atomic mass is 10.2. The van der Waals surface area contributed by atoms with Crippen molar-refractivity contribution in [1.82, 2.24) is 4.98 Å². The zero-order valence-electron chi connectivity index (χ0n) is 11.1. The van der Waals surface area contributed by atoms with E-state index in [1.807, 2.05) is 35.9 Å². The van der Waals surface area contributed by atoms with E-state index in [1.54, 1.807) is 11.8 Å². The molecule has 20 heavy (non-hydrogen) atoms. The van der Waals surface area contributed by atoms with Gasteiger partial charge < -0.3 is 5.32 Å². The van der Waals surface area contributed by atoms with Crippen LogP contribution < -0.4 is 5.32 Å². The summed E-state index contributed by atoms with van der Waals surface area (Å²) in [7, 11) is 0. The minimum absolute atomic E-state index is 0.0377. The first-order valence-electron chi connectivity index (χ1n) is 6.19. The Hall–Kier alpha value is -0.850. The Morgan fingerprint density at radius 1 is 1.40 bits per heavy atom. The lowest BCUT2D eigenvalue weighted by Crippen LogP contribution is -2.11. The number of thiazole rings is 1. The summed E-state index contributed by atoms with van der Waals surface area (Å²) in [4.78, 5) is 16.2.